The number of benzene rings is 2. The molecule has 0 saturated heterocycles. The summed E-state index contributed by atoms with van der Waals surface area (Å²) in [5.74, 6) is 0. The van der Waals surface area contributed by atoms with Crippen molar-refractivity contribution in [1.82, 2.24) is 0 Å². The fourth-order valence-electron chi connectivity index (χ4n) is 2.16. The minimum Gasteiger partial charge on any atom is -0.0876 e. The van der Waals surface area contributed by atoms with Crippen LogP contribution in [0.2, 0.25) is 0 Å². The SMILES string of the molecule is BrCc1cccc2c1[CH]c1ccccc1-2. The fourth-order valence-corrected chi connectivity index (χ4v) is 2.65. The van der Waals surface area contributed by atoms with Crippen molar-refractivity contribution in [3.8, 4) is 11.1 Å². The van der Waals surface area contributed by atoms with Crippen LogP contribution in [0.4, 0.5) is 0 Å². The molecule has 1 aliphatic rings. The summed E-state index contributed by atoms with van der Waals surface area (Å²) >= 11 is 3.54. The maximum Gasteiger partial charge on any atom is 0.0286 e. The summed E-state index contributed by atoms with van der Waals surface area (Å²) in [4.78, 5) is 0. The molecule has 0 nitrogen and oxygen atoms in total. The molecule has 1 heteroatoms. The van der Waals surface area contributed by atoms with Crippen molar-refractivity contribution in [2.75, 3.05) is 0 Å². The zero-order valence-corrected chi connectivity index (χ0v) is 9.79. The molecule has 0 bridgehead atoms. The molecule has 2 aromatic carbocycles. The van der Waals surface area contributed by atoms with E-state index in [2.05, 4.69) is 64.8 Å². The van der Waals surface area contributed by atoms with Gasteiger partial charge in [0.1, 0.15) is 0 Å². The molecule has 0 saturated carbocycles. The number of alkyl halides is 1. The Morgan fingerprint density at radius 1 is 0.867 bits per heavy atom. The Morgan fingerprint density at radius 3 is 2.53 bits per heavy atom. The highest BCUT2D eigenvalue weighted by molar-refractivity contribution is 9.08. The highest BCUT2D eigenvalue weighted by Gasteiger charge is 2.19. The minimum atomic E-state index is 0.917. The average molecular weight is 258 g/mol. The van der Waals surface area contributed by atoms with Gasteiger partial charge in [0, 0.05) is 11.8 Å². The van der Waals surface area contributed by atoms with Gasteiger partial charge in [-0.15, -0.1) is 0 Å². The first-order valence-electron chi connectivity index (χ1n) is 5.02. The molecule has 0 heterocycles. The van der Waals surface area contributed by atoms with Crippen molar-refractivity contribution in [3.05, 3.63) is 65.6 Å². The average Bonchev–Trinajstić information content (AvgIpc) is 2.67. The molecule has 0 fully saturated rings. The Labute approximate surface area is 98.1 Å². The summed E-state index contributed by atoms with van der Waals surface area (Å²) < 4.78 is 0. The fraction of sp³-hybridized carbons (Fsp3) is 0.0714. The van der Waals surface area contributed by atoms with Crippen LogP contribution < -0.4 is 0 Å². The molecule has 15 heavy (non-hydrogen) atoms. The van der Waals surface area contributed by atoms with Gasteiger partial charge in [-0.3, -0.25) is 0 Å². The second-order valence-corrected chi connectivity index (χ2v) is 4.30. The van der Waals surface area contributed by atoms with E-state index in [9.17, 15) is 0 Å². The van der Waals surface area contributed by atoms with Gasteiger partial charge in [0.15, 0.2) is 0 Å². The number of rotatable bonds is 1. The monoisotopic (exact) mass is 257 g/mol. The lowest BCUT2D eigenvalue weighted by molar-refractivity contribution is 1.37. The van der Waals surface area contributed by atoms with Crippen LogP contribution in [0.1, 0.15) is 16.7 Å². The van der Waals surface area contributed by atoms with Crippen molar-refractivity contribution < 1.29 is 0 Å². The number of fused-ring (bicyclic) bond motifs is 3. The second kappa shape index (κ2) is 3.49. The second-order valence-electron chi connectivity index (χ2n) is 3.74. The van der Waals surface area contributed by atoms with E-state index in [1.165, 1.54) is 27.8 Å². The van der Waals surface area contributed by atoms with Gasteiger partial charge in [-0.2, -0.15) is 0 Å². The summed E-state index contributed by atoms with van der Waals surface area (Å²) in [6.07, 6.45) is 2.28. The van der Waals surface area contributed by atoms with E-state index in [-0.39, 0.29) is 0 Å². The van der Waals surface area contributed by atoms with Crippen molar-refractivity contribution in [2.45, 2.75) is 5.33 Å². The molecule has 73 valence electrons. The predicted molar refractivity (Wildman–Crippen MR) is 67.0 cm³/mol. The summed E-state index contributed by atoms with van der Waals surface area (Å²) in [6, 6.07) is 15.1. The summed E-state index contributed by atoms with van der Waals surface area (Å²) in [6.45, 7) is 0. The Kier molecular flexibility index (Phi) is 2.14. The Bertz CT molecular complexity index is 514. The van der Waals surface area contributed by atoms with Crippen LogP contribution in [0.5, 0.6) is 0 Å². The van der Waals surface area contributed by atoms with E-state index >= 15 is 0 Å². The first-order valence-corrected chi connectivity index (χ1v) is 6.14. The highest BCUT2D eigenvalue weighted by atomic mass is 79.9. The molecule has 0 amide bonds. The van der Waals surface area contributed by atoms with Crippen LogP contribution in [0.15, 0.2) is 42.5 Å². The van der Waals surface area contributed by atoms with E-state index in [1.54, 1.807) is 0 Å². The third kappa shape index (κ3) is 1.34. The summed E-state index contributed by atoms with van der Waals surface area (Å²) in [5.41, 5.74) is 6.79. The predicted octanol–water partition coefficient (Wildman–Crippen LogP) is 4.16. The maximum absolute atomic E-state index is 3.54. The number of hydrogen-bond donors (Lipinski definition) is 0. The highest BCUT2D eigenvalue weighted by Crippen LogP contribution is 2.39. The lowest BCUT2D eigenvalue weighted by Crippen LogP contribution is -1.86. The van der Waals surface area contributed by atoms with E-state index in [0.29, 0.717) is 0 Å². The summed E-state index contributed by atoms with van der Waals surface area (Å²) in [7, 11) is 0. The third-order valence-corrected chi connectivity index (χ3v) is 3.50. The van der Waals surface area contributed by atoms with E-state index < -0.39 is 0 Å². The van der Waals surface area contributed by atoms with Crippen molar-refractivity contribution in [2.24, 2.45) is 0 Å². The molecular formula is C14H10Br. The molecule has 0 unspecified atom stereocenters. The van der Waals surface area contributed by atoms with E-state index in [0.717, 1.165) is 5.33 Å². The molecule has 0 aliphatic heterocycles. The molecule has 3 rings (SSSR count). The molecule has 2 aromatic rings. The van der Waals surface area contributed by atoms with Gasteiger partial charge in [0.25, 0.3) is 0 Å². The van der Waals surface area contributed by atoms with Crippen LogP contribution >= 0.6 is 15.9 Å². The lowest BCUT2D eigenvalue weighted by Gasteiger charge is -2.04. The zero-order chi connectivity index (χ0) is 10.3. The smallest absolute Gasteiger partial charge is 0.0286 e. The molecule has 0 spiro atoms. The van der Waals surface area contributed by atoms with Gasteiger partial charge in [-0.1, -0.05) is 58.4 Å². The summed E-state index contributed by atoms with van der Waals surface area (Å²) in [5, 5.41) is 0.917. The van der Waals surface area contributed by atoms with E-state index in [4.69, 9.17) is 0 Å². The van der Waals surface area contributed by atoms with Crippen LogP contribution in [0.25, 0.3) is 11.1 Å². The van der Waals surface area contributed by atoms with Gasteiger partial charge in [-0.05, 0) is 27.8 Å². The maximum atomic E-state index is 3.54. The first-order chi connectivity index (χ1) is 7.40. The van der Waals surface area contributed by atoms with Gasteiger partial charge in [-0.25, -0.2) is 0 Å². The first kappa shape index (κ1) is 9.17. The molecule has 0 N–H and O–H groups in total. The minimum absolute atomic E-state index is 0.917. The normalized spacial score (nSPS) is 12.3. The number of hydrogen-bond acceptors (Lipinski definition) is 0. The largest absolute Gasteiger partial charge is 0.0876 e. The van der Waals surface area contributed by atoms with Crippen LogP contribution in [-0.4, -0.2) is 0 Å². The molecule has 0 aromatic heterocycles. The van der Waals surface area contributed by atoms with Gasteiger partial charge >= 0.3 is 0 Å². The van der Waals surface area contributed by atoms with Crippen LogP contribution in [0.3, 0.4) is 0 Å². The van der Waals surface area contributed by atoms with Crippen LogP contribution in [-0.2, 0) is 5.33 Å². The molecule has 0 atom stereocenters. The molecule has 1 radical (unpaired) electrons. The van der Waals surface area contributed by atoms with E-state index in [1.807, 2.05) is 0 Å². The number of halogens is 1. The van der Waals surface area contributed by atoms with Crippen molar-refractivity contribution in [3.63, 3.8) is 0 Å². The van der Waals surface area contributed by atoms with Crippen molar-refractivity contribution in [1.29, 1.82) is 0 Å². The molecular weight excluding hydrogens is 248 g/mol. The quantitative estimate of drug-likeness (QED) is 0.575. The Morgan fingerprint density at radius 2 is 1.67 bits per heavy atom. The van der Waals surface area contributed by atoms with Gasteiger partial charge < -0.3 is 0 Å². The topological polar surface area (TPSA) is 0 Å². The molecule has 1 aliphatic carbocycles. The Balaban J connectivity index is 2.26. The lowest BCUT2D eigenvalue weighted by atomic mass is 10.0. The van der Waals surface area contributed by atoms with Crippen molar-refractivity contribution >= 4 is 15.9 Å². The standard InChI is InChI=1S/C14H10Br/c15-9-11-5-3-7-13-12-6-2-1-4-10(12)8-14(11)13/h1-8H,9H2. The zero-order valence-electron chi connectivity index (χ0n) is 8.20. The van der Waals surface area contributed by atoms with Gasteiger partial charge in [0.2, 0.25) is 0 Å². The Hall–Kier alpha value is -1.08. The van der Waals surface area contributed by atoms with Gasteiger partial charge in [0.05, 0.1) is 0 Å². The third-order valence-electron chi connectivity index (χ3n) is 2.89. The van der Waals surface area contributed by atoms with Crippen LogP contribution in [0, 0.1) is 6.42 Å².